The smallest absolute Gasteiger partial charge is 0.296 e. The zero-order valence-corrected chi connectivity index (χ0v) is 20.8. The number of benzene rings is 1. The van der Waals surface area contributed by atoms with Crippen molar-refractivity contribution in [2.75, 3.05) is 6.54 Å². The summed E-state index contributed by atoms with van der Waals surface area (Å²) < 4.78 is 2.80. The van der Waals surface area contributed by atoms with E-state index in [4.69, 9.17) is 0 Å². The molecule has 2 fully saturated rings. The van der Waals surface area contributed by atoms with Crippen molar-refractivity contribution < 1.29 is 14.8 Å². The maximum atomic E-state index is 12.4. The lowest BCUT2D eigenvalue weighted by Gasteiger charge is -2.37. The standard InChI is InChI=1S/C25H28BrN5O2/c1-24(2)10-18-11-25(3,13-24)14-30(18)15-31-20-7-6-17(26)9-19(20)21(23(31)33)28-29-22(32)16-5-4-8-27-12-16/h4-9,12,18,33H,10-11,13-15H2,1-3H3/p+1/t18-,25-/m1/s1. The van der Waals surface area contributed by atoms with Crippen LogP contribution in [0.25, 0.3) is 10.9 Å². The number of aromatic hydroxyl groups is 1. The van der Waals surface area contributed by atoms with Crippen LogP contribution < -0.4 is 4.90 Å². The second kappa shape index (κ2) is 8.02. The second-order valence-corrected chi connectivity index (χ2v) is 11.7. The third-order valence-electron chi connectivity index (χ3n) is 7.16. The van der Waals surface area contributed by atoms with Gasteiger partial charge in [-0.3, -0.25) is 14.3 Å². The van der Waals surface area contributed by atoms with E-state index in [1.807, 2.05) is 22.8 Å². The molecule has 1 aliphatic carbocycles. The molecule has 1 aromatic carbocycles. The minimum Gasteiger partial charge on any atom is -0.493 e. The number of nitrogens with zero attached hydrogens (tertiary/aromatic N) is 4. The van der Waals surface area contributed by atoms with Crippen LogP contribution in [-0.2, 0) is 6.67 Å². The number of halogens is 1. The van der Waals surface area contributed by atoms with Crippen molar-refractivity contribution >= 4 is 38.4 Å². The normalized spacial score (nSPS) is 26.3. The number of carbonyl (C=O) groups is 1. The van der Waals surface area contributed by atoms with Crippen LogP contribution >= 0.6 is 15.9 Å². The predicted octanol–water partition coefficient (Wildman–Crippen LogP) is 4.87. The molecule has 33 heavy (non-hydrogen) atoms. The lowest BCUT2D eigenvalue weighted by atomic mass is 9.65. The van der Waals surface area contributed by atoms with Gasteiger partial charge < -0.3 is 10.0 Å². The first-order valence-electron chi connectivity index (χ1n) is 11.4. The lowest BCUT2D eigenvalue weighted by Crippen LogP contribution is -3.13. The van der Waals surface area contributed by atoms with Gasteiger partial charge >= 0.3 is 0 Å². The number of pyridine rings is 1. The van der Waals surface area contributed by atoms with Crippen LogP contribution in [0, 0.1) is 10.8 Å². The summed E-state index contributed by atoms with van der Waals surface area (Å²) >= 11 is 3.52. The Kier molecular flexibility index (Phi) is 5.40. The van der Waals surface area contributed by atoms with Crippen molar-refractivity contribution in [3.8, 4) is 5.88 Å². The van der Waals surface area contributed by atoms with E-state index in [0.717, 1.165) is 21.9 Å². The molecular weight excluding hydrogens is 482 g/mol. The van der Waals surface area contributed by atoms with Gasteiger partial charge in [-0.05, 0) is 42.2 Å². The molecular formula is C25H29BrN5O2+. The highest BCUT2D eigenvalue weighted by molar-refractivity contribution is 9.10. The quantitative estimate of drug-likeness (QED) is 0.491. The molecule has 3 atom stereocenters. The highest BCUT2D eigenvalue weighted by atomic mass is 79.9. The molecule has 1 unspecified atom stereocenters. The fourth-order valence-corrected chi connectivity index (χ4v) is 6.70. The Morgan fingerprint density at radius 2 is 2.12 bits per heavy atom. The highest BCUT2D eigenvalue weighted by Crippen LogP contribution is 2.47. The van der Waals surface area contributed by atoms with Crippen LogP contribution in [0.4, 0.5) is 5.69 Å². The highest BCUT2D eigenvalue weighted by Gasteiger charge is 2.52. The third kappa shape index (κ3) is 4.22. The molecule has 2 bridgehead atoms. The number of hydrogen-bond donors (Lipinski definition) is 2. The molecule has 2 aliphatic rings. The van der Waals surface area contributed by atoms with E-state index in [0.29, 0.717) is 34.8 Å². The summed E-state index contributed by atoms with van der Waals surface area (Å²) in [5.74, 6) is -0.447. The Morgan fingerprint density at radius 1 is 1.30 bits per heavy atom. The van der Waals surface area contributed by atoms with Gasteiger partial charge in [-0.25, -0.2) is 0 Å². The average molecular weight is 511 g/mol. The van der Waals surface area contributed by atoms with E-state index in [-0.39, 0.29) is 5.88 Å². The number of nitrogens with one attached hydrogen (secondary N) is 1. The SMILES string of the molecule is CC1(C)C[C@@H]2C[C@@](C)(C[NH+]2Cn2c(O)c(N=NC(=O)c3cccnc3)c3cc(Br)ccc32)C1. The molecule has 172 valence electrons. The van der Waals surface area contributed by atoms with Crippen molar-refractivity contribution in [3.05, 3.63) is 52.8 Å². The average Bonchev–Trinajstić information content (AvgIpc) is 3.15. The molecule has 3 aromatic rings. The molecule has 5 rings (SSSR count). The van der Waals surface area contributed by atoms with Crippen LogP contribution in [0.2, 0.25) is 0 Å². The predicted molar refractivity (Wildman–Crippen MR) is 130 cm³/mol. The lowest BCUT2D eigenvalue weighted by molar-refractivity contribution is -0.936. The number of aromatic nitrogens is 2. The molecule has 2 N–H and O–H groups in total. The van der Waals surface area contributed by atoms with Gasteiger partial charge in [-0.15, -0.1) is 10.2 Å². The van der Waals surface area contributed by atoms with E-state index in [2.05, 4.69) is 51.9 Å². The maximum Gasteiger partial charge on any atom is 0.296 e. The molecule has 1 aliphatic heterocycles. The summed E-state index contributed by atoms with van der Waals surface area (Å²) in [5.41, 5.74) is 2.24. The van der Waals surface area contributed by atoms with Gasteiger partial charge in [0.1, 0.15) is 0 Å². The molecule has 1 amide bonds. The number of likely N-dealkylation sites (tertiary alicyclic amines) is 1. The van der Waals surface area contributed by atoms with Crippen molar-refractivity contribution in [2.45, 2.75) is 52.7 Å². The summed E-state index contributed by atoms with van der Waals surface area (Å²) in [6, 6.07) is 9.75. The van der Waals surface area contributed by atoms with E-state index in [1.54, 1.807) is 18.3 Å². The van der Waals surface area contributed by atoms with Gasteiger partial charge in [0.15, 0.2) is 12.4 Å². The molecule has 1 saturated carbocycles. The van der Waals surface area contributed by atoms with E-state index in [9.17, 15) is 9.90 Å². The van der Waals surface area contributed by atoms with Crippen LogP contribution in [0.3, 0.4) is 0 Å². The van der Waals surface area contributed by atoms with Crippen LogP contribution in [0.1, 0.15) is 50.4 Å². The number of rotatable bonds is 4. The molecule has 1 saturated heterocycles. The Bertz CT molecular complexity index is 1250. The van der Waals surface area contributed by atoms with Gasteiger partial charge in [0.2, 0.25) is 5.88 Å². The maximum absolute atomic E-state index is 12.4. The first-order chi connectivity index (χ1) is 15.6. The Morgan fingerprint density at radius 3 is 2.88 bits per heavy atom. The molecule has 8 heteroatoms. The summed E-state index contributed by atoms with van der Waals surface area (Å²) in [6.07, 6.45) is 6.71. The summed E-state index contributed by atoms with van der Waals surface area (Å²) in [6.45, 7) is 8.90. The zero-order chi connectivity index (χ0) is 23.4. The first kappa shape index (κ1) is 22.2. The Labute approximate surface area is 201 Å². The van der Waals surface area contributed by atoms with Gasteiger partial charge in [0.05, 0.1) is 23.7 Å². The first-order valence-corrected chi connectivity index (χ1v) is 12.1. The van der Waals surface area contributed by atoms with Gasteiger partial charge in [-0.1, -0.05) is 36.7 Å². The summed E-state index contributed by atoms with van der Waals surface area (Å²) in [7, 11) is 0. The number of quaternary nitrogens is 1. The van der Waals surface area contributed by atoms with Crippen molar-refractivity contribution in [3.63, 3.8) is 0 Å². The topological polar surface area (TPSA) is 84.3 Å². The largest absolute Gasteiger partial charge is 0.493 e. The van der Waals surface area contributed by atoms with E-state index >= 15 is 0 Å². The number of amides is 1. The van der Waals surface area contributed by atoms with Crippen molar-refractivity contribution in [2.24, 2.45) is 21.1 Å². The second-order valence-electron chi connectivity index (χ2n) is 10.8. The summed E-state index contributed by atoms with van der Waals surface area (Å²) in [5, 5.41) is 20.1. The molecule has 7 nitrogen and oxygen atoms in total. The van der Waals surface area contributed by atoms with E-state index < -0.39 is 5.91 Å². The third-order valence-corrected chi connectivity index (χ3v) is 7.65. The monoisotopic (exact) mass is 510 g/mol. The van der Waals surface area contributed by atoms with Crippen LogP contribution in [0.15, 0.2) is 57.4 Å². The van der Waals surface area contributed by atoms with Gasteiger partial charge in [0.25, 0.3) is 5.91 Å². The van der Waals surface area contributed by atoms with E-state index in [1.165, 1.54) is 30.4 Å². The fourth-order valence-electron chi connectivity index (χ4n) is 6.33. The minimum atomic E-state index is -0.493. The molecule has 0 spiro atoms. The number of azo groups is 1. The van der Waals surface area contributed by atoms with Crippen LogP contribution in [-0.4, -0.2) is 33.2 Å². The molecule has 3 heterocycles. The minimum absolute atomic E-state index is 0.0456. The number of fused-ring (bicyclic) bond motifs is 3. The van der Waals surface area contributed by atoms with Crippen molar-refractivity contribution in [1.82, 2.24) is 9.55 Å². The molecule has 2 aromatic heterocycles. The fraction of sp³-hybridized carbons (Fsp3) is 0.440. The van der Waals surface area contributed by atoms with Crippen LogP contribution in [0.5, 0.6) is 5.88 Å². The Balaban J connectivity index is 1.50. The van der Waals surface area contributed by atoms with Gasteiger partial charge in [-0.2, -0.15) is 0 Å². The number of hydrogen-bond acceptors (Lipinski definition) is 4. The summed E-state index contributed by atoms with van der Waals surface area (Å²) in [4.78, 5) is 17.9. The van der Waals surface area contributed by atoms with Gasteiger partial charge in [0, 0.05) is 40.5 Å². The number of carbonyl (C=O) groups excluding carboxylic acids is 1. The molecule has 0 radical (unpaired) electrons. The van der Waals surface area contributed by atoms with Crippen molar-refractivity contribution in [1.29, 1.82) is 0 Å². The Hall–Kier alpha value is -2.58. The zero-order valence-electron chi connectivity index (χ0n) is 19.2.